The molecule has 5 nitrogen and oxygen atoms in total. The van der Waals surface area contributed by atoms with Crippen molar-refractivity contribution in [3.63, 3.8) is 0 Å². The quantitative estimate of drug-likeness (QED) is 0.743. The minimum Gasteiger partial charge on any atom is -0.504 e. The molecule has 0 amide bonds. The van der Waals surface area contributed by atoms with Crippen LogP contribution in [0.4, 0.5) is 4.39 Å². The van der Waals surface area contributed by atoms with Gasteiger partial charge in [0.05, 0.1) is 5.69 Å². The summed E-state index contributed by atoms with van der Waals surface area (Å²) in [5, 5.41) is 24.3. The van der Waals surface area contributed by atoms with Crippen molar-refractivity contribution in [3.8, 4) is 17.0 Å². The van der Waals surface area contributed by atoms with Gasteiger partial charge in [-0.1, -0.05) is 6.07 Å². The number of carboxylic acid groups (broad SMARTS) is 1. The zero-order valence-electron chi connectivity index (χ0n) is 8.86. The smallest absolute Gasteiger partial charge is 0.353 e. The molecule has 2 aromatic rings. The molecule has 1 aromatic heterocycles. The molecule has 3 N–H and O–H groups in total. The molecule has 0 atom stereocenters. The highest BCUT2D eigenvalue weighted by Crippen LogP contribution is 2.31. The molecule has 0 aliphatic rings. The summed E-state index contributed by atoms with van der Waals surface area (Å²) in [6.07, 6.45) is 0. The number of hydrogen-bond donors (Lipinski definition) is 3. The van der Waals surface area contributed by atoms with Crippen LogP contribution in [-0.2, 0) is 0 Å². The van der Waals surface area contributed by atoms with Gasteiger partial charge in [0, 0.05) is 5.56 Å². The van der Waals surface area contributed by atoms with Crippen LogP contribution in [0.25, 0.3) is 11.3 Å². The summed E-state index contributed by atoms with van der Waals surface area (Å²) in [5.41, 5.74) is 0.510. The van der Waals surface area contributed by atoms with Crippen LogP contribution in [0.3, 0.4) is 0 Å². The number of halogens is 1. The van der Waals surface area contributed by atoms with Gasteiger partial charge in [-0.15, -0.1) is 0 Å². The number of carbonyl (C=O) groups is 1. The maximum atomic E-state index is 13.4. The highest BCUT2D eigenvalue weighted by atomic mass is 19.1. The monoisotopic (exact) mass is 236 g/mol. The number of H-pyrrole nitrogens is 1. The Hall–Kier alpha value is -2.37. The average molecular weight is 236 g/mol. The summed E-state index contributed by atoms with van der Waals surface area (Å²) in [4.78, 5) is 10.6. The number of aromatic amines is 1. The Morgan fingerprint density at radius 3 is 2.76 bits per heavy atom. The van der Waals surface area contributed by atoms with Crippen LogP contribution >= 0.6 is 0 Å². The number of aromatic hydroxyl groups is 1. The maximum Gasteiger partial charge on any atom is 0.353 e. The van der Waals surface area contributed by atoms with Crippen LogP contribution in [0.15, 0.2) is 18.2 Å². The number of rotatable bonds is 2. The standard InChI is InChI=1S/C11H9FN2O3/c1-5-2-3-6(10(15)9(5)12)7-4-8(11(16)17)14-13-7/h2-4,15H,1H3,(H,13,14)(H,16,17). The lowest BCUT2D eigenvalue weighted by molar-refractivity contribution is 0.0690. The van der Waals surface area contributed by atoms with E-state index in [0.29, 0.717) is 5.56 Å². The van der Waals surface area contributed by atoms with Crippen molar-refractivity contribution in [2.24, 2.45) is 0 Å². The molecule has 0 unspecified atom stereocenters. The van der Waals surface area contributed by atoms with E-state index in [0.717, 1.165) is 0 Å². The summed E-state index contributed by atoms with van der Waals surface area (Å²) in [6, 6.07) is 4.20. The fraction of sp³-hybridized carbons (Fsp3) is 0.0909. The molecule has 0 fully saturated rings. The first-order chi connectivity index (χ1) is 8.00. The number of phenols is 1. The van der Waals surface area contributed by atoms with E-state index in [2.05, 4.69) is 10.2 Å². The highest BCUT2D eigenvalue weighted by Gasteiger charge is 2.15. The number of aryl methyl sites for hydroxylation is 1. The summed E-state index contributed by atoms with van der Waals surface area (Å²) in [5.74, 6) is -2.44. The molecule has 0 saturated carbocycles. The second kappa shape index (κ2) is 3.89. The molecule has 0 aliphatic carbocycles. The number of phenolic OH excluding ortho intramolecular Hbond substituents is 1. The molecule has 0 bridgehead atoms. The normalized spacial score (nSPS) is 10.5. The Kier molecular flexibility index (Phi) is 2.55. The van der Waals surface area contributed by atoms with Crippen LogP contribution in [0.1, 0.15) is 16.1 Å². The van der Waals surface area contributed by atoms with Gasteiger partial charge in [-0.25, -0.2) is 9.18 Å². The van der Waals surface area contributed by atoms with E-state index in [4.69, 9.17) is 5.11 Å². The Morgan fingerprint density at radius 1 is 1.47 bits per heavy atom. The molecule has 88 valence electrons. The highest BCUT2D eigenvalue weighted by molar-refractivity contribution is 5.87. The summed E-state index contributed by atoms with van der Waals surface area (Å²) in [7, 11) is 0. The van der Waals surface area contributed by atoms with Crippen LogP contribution in [0.5, 0.6) is 5.75 Å². The van der Waals surface area contributed by atoms with Gasteiger partial charge < -0.3 is 10.2 Å². The fourth-order valence-electron chi connectivity index (χ4n) is 1.44. The first-order valence-electron chi connectivity index (χ1n) is 4.78. The Labute approximate surface area is 95.5 Å². The Bertz CT molecular complexity index is 592. The minimum absolute atomic E-state index is 0.125. The van der Waals surface area contributed by atoms with Gasteiger partial charge in [0.2, 0.25) is 0 Å². The molecule has 1 aromatic carbocycles. The van der Waals surface area contributed by atoms with Gasteiger partial charge in [0.1, 0.15) is 5.69 Å². The molecular weight excluding hydrogens is 227 g/mol. The third-order valence-electron chi connectivity index (χ3n) is 2.39. The predicted molar refractivity (Wildman–Crippen MR) is 57.3 cm³/mol. The van der Waals surface area contributed by atoms with E-state index in [1.54, 1.807) is 0 Å². The molecule has 6 heteroatoms. The van der Waals surface area contributed by atoms with Crippen LogP contribution in [-0.4, -0.2) is 26.4 Å². The number of benzene rings is 1. The number of nitrogens with zero attached hydrogens (tertiary/aromatic N) is 1. The van der Waals surface area contributed by atoms with Crippen LogP contribution in [0, 0.1) is 12.7 Å². The number of aromatic carboxylic acids is 1. The van der Waals surface area contributed by atoms with Gasteiger partial charge in [-0.3, -0.25) is 5.10 Å². The van der Waals surface area contributed by atoms with Gasteiger partial charge in [0.15, 0.2) is 11.6 Å². The van der Waals surface area contributed by atoms with Gasteiger partial charge in [-0.05, 0) is 24.6 Å². The SMILES string of the molecule is Cc1ccc(-c2cc(C(=O)O)[nH]n2)c(O)c1F. The van der Waals surface area contributed by atoms with Crippen LogP contribution in [0.2, 0.25) is 0 Å². The molecule has 17 heavy (non-hydrogen) atoms. The molecule has 0 aliphatic heterocycles. The van der Waals surface area contributed by atoms with E-state index in [1.165, 1.54) is 25.1 Å². The topological polar surface area (TPSA) is 86.2 Å². The van der Waals surface area contributed by atoms with Crippen LogP contribution < -0.4 is 0 Å². The lowest BCUT2D eigenvalue weighted by atomic mass is 10.1. The van der Waals surface area contributed by atoms with Crippen molar-refractivity contribution in [1.82, 2.24) is 10.2 Å². The van der Waals surface area contributed by atoms with Crippen molar-refractivity contribution < 1.29 is 19.4 Å². The molecule has 0 spiro atoms. The van der Waals surface area contributed by atoms with Crippen molar-refractivity contribution in [3.05, 3.63) is 35.3 Å². The summed E-state index contributed by atoms with van der Waals surface area (Å²) < 4.78 is 13.4. The zero-order valence-corrected chi connectivity index (χ0v) is 8.86. The molecule has 0 radical (unpaired) electrons. The van der Waals surface area contributed by atoms with Crippen molar-refractivity contribution in [1.29, 1.82) is 0 Å². The minimum atomic E-state index is -1.17. The average Bonchev–Trinajstić information content (AvgIpc) is 2.75. The van der Waals surface area contributed by atoms with E-state index < -0.39 is 17.5 Å². The summed E-state index contributed by atoms with van der Waals surface area (Å²) >= 11 is 0. The molecule has 2 rings (SSSR count). The van der Waals surface area contributed by atoms with E-state index in [-0.39, 0.29) is 17.0 Å². The number of nitrogens with one attached hydrogen (secondary N) is 1. The van der Waals surface area contributed by atoms with E-state index >= 15 is 0 Å². The first-order valence-corrected chi connectivity index (χ1v) is 4.78. The number of carboxylic acids is 1. The van der Waals surface area contributed by atoms with Gasteiger partial charge in [0.25, 0.3) is 0 Å². The fourth-order valence-corrected chi connectivity index (χ4v) is 1.44. The predicted octanol–water partition coefficient (Wildman–Crippen LogP) is 1.93. The summed E-state index contributed by atoms with van der Waals surface area (Å²) in [6.45, 7) is 1.52. The maximum absolute atomic E-state index is 13.4. The lowest BCUT2D eigenvalue weighted by Crippen LogP contribution is -1.95. The third kappa shape index (κ3) is 1.84. The third-order valence-corrected chi connectivity index (χ3v) is 2.39. The Balaban J connectivity index is 2.53. The molecule has 1 heterocycles. The van der Waals surface area contributed by atoms with E-state index in [9.17, 15) is 14.3 Å². The molecular formula is C11H9FN2O3. The number of hydrogen-bond acceptors (Lipinski definition) is 3. The van der Waals surface area contributed by atoms with Gasteiger partial charge in [-0.2, -0.15) is 5.10 Å². The first kappa shape index (κ1) is 11.1. The second-order valence-electron chi connectivity index (χ2n) is 3.56. The zero-order chi connectivity index (χ0) is 12.6. The Morgan fingerprint density at radius 2 is 2.18 bits per heavy atom. The largest absolute Gasteiger partial charge is 0.504 e. The molecule has 0 saturated heterocycles. The van der Waals surface area contributed by atoms with Crippen molar-refractivity contribution >= 4 is 5.97 Å². The van der Waals surface area contributed by atoms with Crippen molar-refractivity contribution in [2.45, 2.75) is 6.92 Å². The van der Waals surface area contributed by atoms with Gasteiger partial charge >= 0.3 is 5.97 Å². The van der Waals surface area contributed by atoms with E-state index in [1.807, 2.05) is 0 Å². The second-order valence-corrected chi connectivity index (χ2v) is 3.56. The number of aromatic nitrogens is 2. The van der Waals surface area contributed by atoms with Crippen molar-refractivity contribution in [2.75, 3.05) is 0 Å². The lowest BCUT2D eigenvalue weighted by Gasteiger charge is -2.04.